The van der Waals surface area contributed by atoms with Crippen LogP contribution in [0.2, 0.25) is 0 Å². The summed E-state index contributed by atoms with van der Waals surface area (Å²) in [5.41, 5.74) is 2.23. The largest absolute Gasteiger partial charge is 0.352 e. The van der Waals surface area contributed by atoms with Crippen molar-refractivity contribution in [3.63, 3.8) is 0 Å². The zero-order valence-electron chi connectivity index (χ0n) is 17.7. The monoisotopic (exact) mass is 444 g/mol. The third kappa shape index (κ3) is 8.38. The Hall–Kier alpha value is -1.54. The Kier molecular flexibility index (Phi) is 10.2. The normalized spacial score (nSPS) is 20.4. The van der Waals surface area contributed by atoms with Crippen molar-refractivity contribution in [1.29, 1.82) is 0 Å². The van der Waals surface area contributed by atoms with E-state index in [0.29, 0.717) is 5.17 Å². The third-order valence-corrected chi connectivity index (χ3v) is 5.95. The number of carbonyl (C=O) groups is 3. The van der Waals surface area contributed by atoms with Gasteiger partial charge in [-0.3, -0.25) is 14.4 Å². The van der Waals surface area contributed by atoms with Crippen LogP contribution in [0.5, 0.6) is 0 Å². The van der Waals surface area contributed by atoms with Crippen LogP contribution in [-0.4, -0.2) is 53.1 Å². The molecule has 7 nitrogen and oxygen atoms in total. The van der Waals surface area contributed by atoms with Gasteiger partial charge in [-0.05, 0) is 30.3 Å². The van der Waals surface area contributed by atoms with Gasteiger partial charge in [-0.25, -0.2) is 5.43 Å². The number of amidine groups is 1. The third-order valence-electron chi connectivity index (χ3n) is 4.90. The van der Waals surface area contributed by atoms with Crippen LogP contribution in [0.1, 0.15) is 52.9 Å². The van der Waals surface area contributed by atoms with Gasteiger partial charge in [0.2, 0.25) is 11.7 Å². The lowest BCUT2D eigenvalue weighted by Gasteiger charge is -2.29. The molecule has 2 fully saturated rings. The van der Waals surface area contributed by atoms with Crippen LogP contribution in [0, 0.1) is 11.3 Å². The molecule has 0 aromatic heterocycles. The Balaban J connectivity index is 0.00000420. The Morgan fingerprint density at radius 1 is 1.21 bits per heavy atom. The zero-order valence-corrected chi connectivity index (χ0v) is 19.3. The molecule has 1 heterocycles. The maximum Gasteiger partial charge on any atom is 0.309 e. The van der Waals surface area contributed by atoms with Gasteiger partial charge in [0.25, 0.3) is 0 Å². The summed E-state index contributed by atoms with van der Waals surface area (Å²) in [5, 5.41) is 7.52. The SMILES string of the molecule is CN1CCSC1=NNC(=O)C(=O)C(NC(=O)/C=C/C(C)(C)C)C1CCCCC1.Cl. The molecule has 0 aromatic carbocycles. The molecule has 1 aliphatic heterocycles. The predicted octanol–water partition coefficient (Wildman–Crippen LogP) is 2.71. The fraction of sp³-hybridized carbons (Fsp3) is 0.700. The Morgan fingerprint density at radius 3 is 2.41 bits per heavy atom. The number of hydrazone groups is 1. The van der Waals surface area contributed by atoms with Gasteiger partial charge in [0.15, 0.2) is 5.17 Å². The van der Waals surface area contributed by atoms with Gasteiger partial charge in [0, 0.05) is 19.3 Å². The maximum absolute atomic E-state index is 12.8. The van der Waals surface area contributed by atoms with Crippen molar-refractivity contribution >= 4 is 46.9 Å². The minimum atomic E-state index is -0.813. The number of amides is 2. The van der Waals surface area contributed by atoms with E-state index in [9.17, 15) is 14.4 Å². The van der Waals surface area contributed by atoms with Gasteiger partial charge in [-0.2, -0.15) is 0 Å². The van der Waals surface area contributed by atoms with Gasteiger partial charge in [0.05, 0.1) is 0 Å². The summed E-state index contributed by atoms with van der Waals surface area (Å²) in [6.07, 6.45) is 8.05. The number of Topliss-reactive ketones (excluding diaryl/α,β-unsaturated/α-hetero) is 1. The van der Waals surface area contributed by atoms with Gasteiger partial charge >= 0.3 is 5.91 Å². The van der Waals surface area contributed by atoms with E-state index >= 15 is 0 Å². The molecule has 1 atom stereocenters. The minimum absolute atomic E-state index is 0. The van der Waals surface area contributed by atoms with E-state index in [0.717, 1.165) is 44.4 Å². The quantitative estimate of drug-likeness (QED) is 0.373. The molecular weight excluding hydrogens is 412 g/mol. The van der Waals surface area contributed by atoms with E-state index in [2.05, 4.69) is 15.8 Å². The molecule has 2 amide bonds. The van der Waals surface area contributed by atoms with E-state index in [1.807, 2.05) is 32.7 Å². The van der Waals surface area contributed by atoms with Crippen LogP contribution in [0.4, 0.5) is 0 Å². The molecule has 1 unspecified atom stereocenters. The zero-order chi connectivity index (χ0) is 20.7. The number of carbonyl (C=O) groups excluding carboxylic acids is 3. The first-order valence-corrected chi connectivity index (χ1v) is 10.9. The van der Waals surface area contributed by atoms with E-state index < -0.39 is 17.7 Å². The molecule has 2 rings (SSSR count). The number of hydrogen-bond donors (Lipinski definition) is 2. The lowest BCUT2D eigenvalue weighted by Crippen LogP contribution is -2.51. The topological polar surface area (TPSA) is 90.9 Å². The van der Waals surface area contributed by atoms with Gasteiger partial charge in [-0.1, -0.05) is 57.9 Å². The summed E-state index contributed by atoms with van der Waals surface area (Å²) >= 11 is 1.53. The first-order valence-electron chi connectivity index (χ1n) is 9.93. The van der Waals surface area contributed by atoms with Crippen molar-refractivity contribution in [2.24, 2.45) is 16.4 Å². The lowest BCUT2D eigenvalue weighted by atomic mass is 9.82. The molecule has 2 aliphatic rings. The molecule has 0 radical (unpaired) electrons. The fourth-order valence-electron chi connectivity index (χ4n) is 3.28. The molecule has 1 aliphatic carbocycles. The van der Waals surface area contributed by atoms with Gasteiger partial charge in [0.1, 0.15) is 6.04 Å². The van der Waals surface area contributed by atoms with Crippen molar-refractivity contribution in [3.8, 4) is 0 Å². The highest BCUT2D eigenvalue weighted by Gasteiger charge is 2.34. The van der Waals surface area contributed by atoms with Crippen LogP contribution in [0.25, 0.3) is 0 Å². The van der Waals surface area contributed by atoms with Crippen LogP contribution in [0.15, 0.2) is 17.3 Å². The van der Waals surface area contributed by atoms with Crippen molar-refractivity contribution in [1.82, 2.24) is 15.6 Å². The number of allylic oxidation sites excluding steroid dienone is 1. The van der Waals surface area contributed by atoms with Gasteiger partial charge in [-0.15, -0.1) is 17.5 Å². The number of thioether (sulfide) groups is 1. The highest BCUT2D eigenvalue weighted by atomic mass is 35.5. The number of nitrogens with zero attached hydrogens (tertiary/aromatic N) is 2. The van der Waals surface area contributed by atoms with E-state index in [1.165, 1.54) is 17.8 Å². The van der Waals surface area contributed by atoms with Crippen LogP contribution >= 0.6 is 24.2 Å². The maximum atomic E-state index is 12.8. The highest BCUT2D eigenvalue weighted by molar-refractivity contribution is 8.14. The predicted molar refractivity (Wildman–Crippen MR) is 120 cm³/mol. The van der Waals surface area contributed by atoms with Gasteiger partial charge < -0.3 is 10.2 Å². The standard InChI is InChI=1S/C20H32N4O3S.ClH/c1-20(2,3)11-10-15(25)21-16(14-8-6-5-7-9-14)17(26)18(27)22-23-19-24(4)12-13-28-19;/h10-11,14,16H,5-9,12-13H2,1-4H3,(H,21,25)(H,22,27);1H/b11-10+,23-19?;. The molecule has 9 heteroatoms. The van der Waals surface area contributed by atoms with Crippen molar-refractivity contribution in [2.45, 2.75) is 58.9 Å². The van der Waals surface area contributed by atoms with E-state index in [-0.39, 0.29) is 29.6 Å². The van der Waals surface area contributed by atoms with Crippen molar-refractivity contribution in [3.05, 3.63) is 12.2 Å². The molecule has 2 N–H and O–H groups in total. The average molecular weight is 445 g/mol. The Labute approximate surface area is 183 Å². The Bertz CT molecular complexity index is 655. The molecule has 0 bridgehead atoms. The first-order chi connectivity index (χ1) is 13.2. The summed E-state index contributed by atoms with van der Waals surface area (Å²) in [7, 11) is 1.89. The molecule has 164 valence electrons. The summed E-state index contributed by atoms with van der Waals surface area (Å²) in [4.78, 5) is 39.5. The molecule has 1 saturated heterocycles. The lowest BCUT2D eigenvalue weighted by molar-refractivity contribution is -0.140. The smallest absolute Gasteiger partial charge is 0.309 e. The highest BCUT2D eigenvalue weighted by Crippen LogP contribution is 2.27. The number of ketones is 1. The summed E-state index contributed by atoms with van der Waals surface area (Å²) in [5.74, 6) is -0.859. The number of halogens is 1. The fourth-order valence-corrected chi connectivity index (χ4v) is 4.25. The van der Waals surface area contributed by atoms with Crippen molar-refractivity contribution in [2.75, 3.05) is 19.3 Å². The second kappa shape index (κ2) is 11.6. The molecular formula is C20H33ClN4O3S. The second-order valence-corrected chi connectivity index (χ2v) is 9.62. The van der Waals surface area contributed by atoms with Crippen LogP contribution in [0.3, 0.4) is 0 Å². The number of rotatable bonds is 6. The first kappa shape index (κ1) is 25.5. The number of hydrogen-bond acceptors (Lipinski definition) is 5. The molecule has 0 spiro atoms. The molecule has 0 aromatic rings. The Morgan fingerprint density at radius 2 is 1.86 bits per heavy atom. The summed E-state index contributed by atoms with van der Waals surface area (Å²) < 4.78 is 0. The molecule has 29 heavy (non-hydrogen) atoms. The van der Waals surface area contributed by atoms with E-state index in [1.54, 1.807) is 6.08 Å². The van der Waals surface area contributed by atoms with Crippen LogP contribution < -0.4 is 10.7 Å². The summed E-state index contributed by atoms with van der Waals surface area (Å²) in [6.45, 7) is 6.83. The minimum Gasteiger partial charge on any atom is -0.352 e. The second-order valence-electron chi connectivity index (χ2n) is 8.55. The molecule has 1 saturated carbocycles. The van der Waals surface area contributed by atoms with E-state index in [4.69, 9.17) is 0 Å². The average Bonchev–Trinajstić information content (AvgIpc) is 3.07. The summed E-state index contributed by atoms with van der Waals surface area (Å²) in [6, 6.07) is -0.813. The number of nitrogens with one attached hydrogen (secondary N) is 2. The van der Waals surface area contributed by atoms with Crippen LogP contribution in [-0.2, 0) is 14.4 Å². The van der Waals surface area contributed by atoms with Crippen molar-refractivity contribution < 1.29 is 14.4 Å².